The van der Waals surface area contributed by atoms with Crippen molar-refractivity contribution >= 4 is 17.4 Å². The lowest BCUT2D eigenvalue weighted by Gasteiger charge is -2.11. The van der Waals surface area contributed by atoms with Crippen LogP contribution in [0.15, 0.2) is 41.3 Å². The fourth-order valence-electron chi connectivity index (χ4n) is 1.70. The molecule has 0 saturated heterocycles. The number of aromatic nitrogens is 1. The molecular weight excluding hydrogens is 244 g/mol. The van der Waals surface area contributed by atoms with E-state index in [1.165, 1.54) is 4.90 Å². The highest BCUT2D eigenvalue weighted by molar-refractivity contribution is 7.98. The number of aryl methyl sites for hydroxylation is 1. The topological polar surface area (TPSA) is 45.2 Å². The van der Waals surface area contributed by atoms with Crippen LogP contribution >= 0.6 is 11.8 Å². The normalized spacial score (nSPS) is 10.3. The molecular formula is C14H16N2OS. The predicted molar refractivity (Wildman–Crippen MR) is 76.2 cm³/mol. The minimum atomic E-state index is 0.231. The molecule has 0 spiro atoms. The number of rotatable bonds is 4. The predicted octanol–water partition coefficient (Wildman–Crippen LogP) is 3.43. The Morgan fingerprint density at radius 1 is 1.22 bits per heavy atom. The third-order valence-corrected chi connectivity index (χ3v) is 3.44. The van der Waals surface area contributed by atoms with E-state index in [1.54, 1.807) is 23.9 Å². The summed E-state index contributed by atoms with van der Waals surface area (Å²) in [5.41, 5.74) is 2.64. The molecule has 2 aromatic rings. The lowest BCUT2D eigenvalue weighted by atomic mass is 10.2. The summed E-state index contributed by atoms with van der Waals surface area (Å²) in [6, 6.07) is 11.6. The second kappa shape index (κ2) is 5.78. The van der Waals surface area contributed by atoms with Crippen molar-refractivity contribution in [2.45, 2.75) is 18.4 Å². The molecule has 1 aromatic carbocycles. The molecule has 2 N–H and O–H groups in total. The number of benzene rings is 1. The van der Waals surface area contributed by atoms with Crippen LogP contribution in [0.3, 0.4) is 0 Å². The number of hydrogen-bond donors (Lipinski definition) is 2. The Kier molecular flexibility index (Phi) is 4.10. The van der Waals surface area contributed by atoms with E-state index in [0.717, 1.165) is 11.4 Å². The average Bonchev–Trinajstić information content (AvgIpc) is 2.40. The van der Waals surface area contributed by atoms with Crippen LogP contribution in [0.5, 0.6) is 5.75 Å². The highest BCUT2D eigenvalue weighted by Gasteiger charge is 2.05. The SMILES string of the molecule is CSc1ccccc1NCc1nc(C)ccc1O. The number of thioether (sulfide) groups is 1. The standard InChI is InChI=1S/C14H16N2OS/c1-10-7-8-13(17)12(16-10)9-15-11-5-3-4-6-14(11)18-2/h3-8,15,17H,9H2,1-2H3. The zero-order chi connectivity index (χ0) is 13.0. The van der Waals surface area contributed by atoms with E-state index in [9.17, 15) is 5.11 Å². The molecule has 4 heteroatoms. The van der Waals surface area contributed by atoms with Gasteiger partial charge in [0.15, 0.2) is 0 Å². The summed E-state index contributed by atoms with van der Waals surface area (Å²) in [6.45, 7) is 2.43. The number of anilines is 1. The molecule has 94 valence electrons. The van der Waals surface area contributed by atoms with Gasteiger partial charge in [-0.1, -0.05) is 12.1 Å². The molecule has 0 radical (unpaired) electrons. The first-order valence-corrected chi connectivity index (χ1v) is 6.95. The monoisotopic (exact) mass is 260 g/mol. The van der Waals surface area contributed by atoms with Gasteiger partial charge in [-0.15, -0.1) is 11.8 Å². The van der Waals surface area contributed by atoms with Crippen LogP contribution in [0, 0.1) is 6.92 Å². The van der Waals surface area contributed by atoms with Crippen LogP contribution in [-0.4, -0.2) is 16.3 Å². The minimum Gasteiger partial charge on any atom is -0.506 e. The number of pyridine rings is 1. The Bertz CT molecular complexity index is 543. The Morgan fingerprint density at radius 2 is 2.00 bits per heavy atom. The first-order chi connectivity index (χ1) is 8.70. The highest BCUT2D eigenvalue weighted by Crippen LogP contribution is 2.25. The van der Waals surface area contributed by atoms with E-state index < -0.39 is 0 Å². The maximum Gasteiger partial charge on any atom is 0.138 e. The number of aromatic hydroxyl groups is 1. The quantitative estimate of drug-likeness (QED) is 0.827. The smallest absolute Gasteiger partial charge is 0.138 e. The molecule has 0 fully saturated rings. The van der Waals surface area contributed by atoms with Crippen molar-refractivity contribution in [1.82, 2.24) is 4.98 Å². The van der Waals surface area contributed by atoms with E-state index in [0.29, 0.717) is 12.2 Å². The average molecular weight is 260 g/mol. The maximum atomic E-state index is 9.73. The lowest BCUT2D eigenvalue weighted by Crippen LogP contribution is -2.03. The van der Waals surface area contributed by atoms with Crippen LogP contribution in [0.4, 0.5) is 5.69 Å². The Balaban J connectivity index is 2.14. The summed E-state index contributed by atoms with van der Waals surface area (Å²) in [6.07, 6.45) is 2.04. The fraction of sp³-hybridized carbons (Fsp3) is 0.214. The van der Waals surface area contributed by atoms with Crippen molar-refractivity contribution in [2.75, 3.05) is 11.6 Å². The van der Waals surface area contributed by atoms with E-state index in [4.69, 9.17) is 0 Å². The molecule has 0 unspecified atom stereocenters. The van der Waals surface area contributed by atoms with E-state index >= 15 is 0 Å². The van der Waals surface area contributed by atoms with Gasteiger partial charge in [0.25, 0.3) is 0 Å². The molecule has 18 heavy (non-hydrogen) atoms. The molecule has 0 atom stereocenters. The van der Waals surface area contributed by atoms with Gasteiger partial charge in [-0.05, 0) is 37.4 Å². The first kappa shape index (κ1) is 12.8. The summed E-state index contributed by atoms with van der Waals surface area (Å²) in [4.78, 5) is 5.51. The van der Waals surface area contributed by atoms with Crippen molar-refractivity contribution in [3.63, 3.8) is 0 Å². The van der Waals surface area contributed by atoms with Crippen molar-refractivity contribution in [1.29, 1.82) is 0 Å². The van der Waals surface area contributed by atoms with Crippen molar-refractivity contribution in [3.05, 3.63) is 47.8 Å². The fourth-order valence-corrected chi connectivity index (χ4v) is 2.28. The van der Waals surface area contributed by atoms with Gasteiger partial charge in [0.2, 0.25) is 0 Å². The largest absolute Gasteiger partial charge is 0.506 e. The zero-order valence-corrected chi connectivity index (χ0v) is 11.3. The number of hydrogen-bond acceptors (Lipinski definition) is 4. The van der Waals surface area contributed by atoms with E-state index in [2.05, 4.69) is 16.4 Å². The molecule has 0 amide bonds. The van der Waals surface area contributed by atoms with Crippen molar-refractivity contribution < 1.29 is 5.11 Å². The van der Waals surface area contributed by atoms with Gasteiger partial charge in [0.1, 0.15) is 11.4 Å². The van der Waals surface area contributed by atoms with Crippen LogP contribution in [0.1, 0.15) is 11.4 Å². The summed E-state index contributed by atoms with van der Waals surface area (Å²) in [5, 5.41) is 13.0. The van der Waals surface area contributed by atoms with Gasteiger partial charge >= 0.3 is 0 Å². The van der Waals surface area contributed by atoms with Gasteiger partial charge in [-0.25, -0.2) is 0 Å². The Labute approximate surface area is 111 Å². The van der Waals surface area contributed by atoms with Crippen LogP contribution in [-0.2, 0) is 6.54 Å². The van der Waals surface area contributed by atoms with E-state index in [-0.39, 0.29) is 5.75 Å². The number of nitrogens with one attached hydrogen (secondary N) is 1. The second-order valence-electron chi connectivity index (χ2n) is 3.97. The molecule has 0 saturated carbocycles. The first-order valence-electron chi connectivity index (χ1n) is 5.73. The number of para-hydroxylation sites is 1. The van der Waals surface area contributed by atoms with Crippen molar-refractivity contribution in [2.24, 2.45) is 0 Å². The molecule has 3 nitrogen and oxygen atoms in total. The van der Waals surface area contributed by atoms with Crippen LogP contribution < -0.4 is 5.32 Å². The summed E-state index contributed by atoms with van der Waals surface area (Å²) in [5.74, 6) is 0.231. The van der Waals surface area contributed by atoms with Crippen LogP contribution in [0.2, 0.25) is 0 Å². The molecule has 2 rings (SSSR count). The maximum absolute atomic E-state index is 9.73. The van der Waals surface area contributed by atoms with Crippen LogP contribution in [0.25, 0.3) is 0 Å². The van der Waals surface area contributed by atoms with Gasteiger partial charge in [-0.2, -0.15) is 0 Å². The van der Waals surface area contributed by atoms with Crippen molar-refractivity contribution in [3.8, 4) is 5.75 Å². The third-order valence-electron chi connectivity index (χ3n) is 2.64. The Morgan fingerprint density at radius 3 is 2.78 bits per heavy atom. The molecule has 0 bridgehead atoms. The highest BCUT2D eigenvalue weighted by atomic mass is 32.2. The molecule has 0 aliphatic carbocycles. The Hall–Kier alpha value is -1.68. The number of nitrogens with zero attached hydrogens (tertiary/aromatic N) is 1. The molecule has 0 aliphatic heterocycles. The van der Waals surface area contributed by atoms with Gasteiger partial charge in [0, 0.05) is 16.3 Å². The zero-order valence-electron chi connectivity index (χ0n) is 10.5. The van der Waals surface area contributed by atoms with Gasteiger partial charge in [-0.3, -0.25) is 4.98 Å². The second-order valence-corrected chi connectivity index (χ2v) is 4.82. The third kappa shape index (κ3) is 2.96. The molecule has 0 aliphatic rings. The molecule has 1 aromatic heterocycles. The summed E-state index contributed by atoms with van der Waals surface area (Å²) in [7, 11) is 0. The summed E-state index contributed by atoms with van der Waals surface area (Å²) < 4.78 is 0. The summed E-state index contributed by atoms with van der Waals surface area (Å²) >= 11 is 1.69. The van der Waals surface area contributed by atoms with E-state index in [1.807, 2.05) is 31.4 Å². The van der Waals surface area contributed by atoms with Gasteiger partial charge in [0.05, 0.1) is 6.54 Å². The minimum absolute atomic E-state index is 0.231. The lowest BCUT2D eigenvalue weighted by molar-refractivity contribution is 0.464. The van der Waals surface area contributed by atoms with Gasteiger partial charge < -0.3 is 10.4 Å². The molecule has 1 heterocycles.